The molecule has 1 N–H and O–H groups in total. The Bertz CT molecular complexity index is 347. The number of hydrogen-bond donors (Lipinski definition) is 1. The first-order valence-corrected chi connectivity index (χ1v) is 3.80. The summed E-state index contributed by atoms with van der Waals surface area (Å²) in [6, 6.07) is 1.17. The maximum absolute atomic E-state index is 11.6. The Morgan fingerprint density at radius 2 is 2.27 bits per heavy atom. The van der Waals surface area contributed by atoms with Gasteiger partial charge >= 0.3 is 12.1 Å². The number of halogens is 3. The van der Waals surface area contributed by atoms with Gasteiger partial charge in [-0.2, -0.15) is 18.3 Å². The first-order chi connectivity index (χ1) is 6.88. The summed E-state index contributed by atoms with van der Waals surface area (Å²) >= 11 is 0. The lowest BCUT2D eigenvalue weighted by Gasteiger charge is -2.06. The number of aromatic carboxylic acids is 1. The predicted octanol–water partition coefficient (Wildman–Crippen LogP) is 1.12. The molecule has 0 aromatic carbocycles. The van der Waals surface area contributed by atoms with Crippen molar-refractivity contribution in [1.82, 2.24) is 9.78 Å². The summed E-state index contributed by atoms with van der Waals surface area (Å²) in [6.45, 7) is -1.83. The zero-order valence-electron chi connectivity index (χ0n) is 7.36. The molecule has 0 saturated carbocycles. The molecule has 0 atom stereocenters. The highest BCUT2D eigenvalue weighted by Gasteiger charge is 2.27. The molecule has 0 spiro atoms. The van der Waals surface area contributed by atoms with Crippen molar-refractivity contribution in [3.8, 4) is 0 Å². The van der Waals surface area contributed by atoms with E-state index in [0.29, 0.717) is 0 Å². The third-order valence-corrected chi connectivity index (χ3v) is 1.35. The van der Waals surface area contributed by atoms with Crippen molar-refractivity contribution in [2.24, 2.45) is 0 Å². The maximum atomic E-state index is 11.6. The van der Waals surface area contributed by atoms with Crippen molar-refractivity contribution < 1.29 is 27.8 Å². The zero-order valence-corrected chi connectivity index (χ0v) is 7.36. The van der Waals surface area contributed by atoms with Gasteiger partial charge in [-0.3, -0.25) is 0 Å². The van der Waals surface area contributed by atoms with Gasteiger partial charge in [-0.05, 0) is 6.07 Å². The number of carbonyl (C=O) groups is 1. The van der Waals surface area contributed by atoms with Gasteiger partial charge in [0.25, 0.3) is 0 Å². The van der Waals surface area contributed by atoms with E-state index in [1.165, 1.54) is 12.3 Å². The van der Waals surface area contributed by atoms with E-state index in [0.717, 1.165) is 4.68 Å². The lowest BCUT2D eigenvalue weighted by Crippen LogP contribution is -2.18. The van der Waals surface area contributed by atoms with Crippen molar-refractivity contribution in [1.29, 1.82) is 0 Å². The van der Waals surface area contributed by atoms with Gasteiger partial charge in [-0.15, -0.1) is 0 Å². The molecule has 0 aliphatic carbocycles. The smallest absolute Gasteiger partial charge is 0.411 e. The van der Waals surface area contributed by atoms with Crippen LogP contribution in [-0.2, 0) is 11.5 Å². The van der Waals surface area contributed by atoms with Crippen molar-refractivity contribution in [2.75, 3.05) is 6.61 Å². The highest BCUT2D eigenvalue weighted by atomic mass is 19.4. The van der Waals surface area contributed by atoms with Gasteiger partial charge in [0.2, 0.25) is 0 Å². The minimum absolute atomic E-state index is 0.245. The molecule has 0 amide bonds. The minimum Gasteiger partial charge on any atom is -0.476 e. The molecule has 0 bridgehead atoms. The number of aromatic nitrogens is 2. The van der Waals surface area contributed by atoms with E-state index in [4.69, 9.17) is 5.11 Å². The monoisotopic (exact) mass is 224 g/mol. The van der Waals surface area contributed by atoms with Crippen LogP contribution in [0.15, 0.2) is 12.3 Å². The molecule has 15 heavy (non-hydrogen) atoms. The molecule has 0 radical (unpaired) electrons. The Hall–Kier alpha value is -1.57. The summed E-state index contributed by atoms with van der Waals surface area (Å²) in [5.74, 6) is -1.25. The topological polar surface area (TPSA) is 64.3 Å². The molecule has 5 nitrogen and oxygen atoms in total. The number of nitrogens with zero attached hydrogens (tertiary/aromatic N) is 2. The number of rotatable bonds is 4. The summed E-state index contributed by atoms with van der Waals surface area (Å²) in [5, 5.41) is 11.9. The van der Waals surface area contributed by atoms with E-state index in [9.17, 15) is 18.0 Å². The fraction of sp³-hybridized carbons (Fsp3) is 0.429. The summed E-state index contributed by atoms with van der Waals surface area (Å²) in [5.41, 5.74) is -0.245. The van der Waals surface area contributed by atoms with Gasteiger partial charge in [0, 0.05) is 6.20 Å². The standard InChI is InChI=1S/C7H7F3N2O3/c8-7(9,10)3-15-4-12-2-1-5(11-12)6(13)14/h1-2H,3-4H2,(H,13,14). The SMILES string of the molecule is O=C(O)c1ccn(COCC(F)(F)F)n1. The molecule has 84 valence electrons. The molecule has 0 aliphatic rings. The van der Waals surface area contributed by atoms with Crippen LogP contribution in [0.2, 0.25) is 0 Å². The van der Waals surface area contributed by atoms with Crippen LogP contribution in [0.5, 0.6) is 0 Å². The van der Waals surface area contributed by atoms with Gasteiger partial charge in [-0.1, -0.05) is 0 Å². The number of carboxylic acids is 1. The molecular weight excluding hydrogens is 217 g/mol. The molecule has 0 saturated heterocycles. The van der Waals surface area contributed by atoms with Gasteiger partial charge < -0.3 is 9.84 Å². The average Bonchev–Trinajstić information content (AvgIpc) is 2.50. The average molecular weight is 224 g/mol. The Morgan fingerprint density at radius 3 is 2.73 bits per heavy atom. The Balaban J connectivity index is 2.41. The van der Waals surface area contributed by atoms with Crippen LogP contribution >= 0.6 is 0 Å². The van der Waals surface area contributed by atoms with Crippen molar-refractivity contribution in [3.63, 3.8) is 0 Å². The van der Waals surface area contributed by atoms with Gasteiger partial charge in [0.1, 0.15) is 13.3 Å². The largest absolute Gasteiger partial charge is 0.476 e. The van der Waals surface area contributed by atoms with Crippen LogP contribution in [0, 0.1) is 0 Å². The second-order valence-electron chi connectivity index (χ2n) is 2.64. The lowest BCUT2D eigenvalue weighted by molar-refractivity contribution is -0.182. The fourth-order valence-corrected chi connectivity index (χ4v) is 0.803. The van der Waals surface area contributed by atoms with Crippen LogP contribution in [0.1, 0.15) is 10.5 Å². The summed E-state index contributed by atoms with van der Waals surface area (Å²) in [4.78, 5) is 10.4. The molecule has 1 aromatic rings. The van der Waals surface area contributed by atoms with E-state index in [-0.39, 0.29) is 5.69 Å². The molecule has 1 aromatic heterocycles. The fourth-order valence-electron chi connectivity index (χ4n) is 0.803. The third-order valence-electron chi connectivity index (χ3n) is 1.35. The first kappa shape index (κ1) is 11.5. The highest BCUT2D eigenvalue weighted by molar-refractivity contribution is 5.84. The second kappa shape index (κ2) is 4.30. The van der Waals surface area contributed by atoms with Crippen molar-refractivity contribution in [3.05, 3.63) is 18.0 Å². The zero-order chi connectivity index (χ0) is 11.5. The highest BCUT2D eigenvalue weighted by Crippen LogP contribution is 2.14. The lowest BCUT2D eigenvalue weighted by atomic mass is 10.5. The van der Waals surface area contributed by atoms with Crippen LogP contribution < -0.4 is 0 Å². The van der Waals surface area contributed by atoms with E-state index < -0.39 is 25.5 Å². The van der Waals surface area contributed by atoms with Crippen LogP contribution in [0.25, 0.3) is 0 Å². The van der Waals surface area contributed by atoms with E-state index in [1.54, 1.807) is 0 Å². The number of alkyl halides is 3. The Kier molecular flexibility index (Phi) is 3.30. The van der Waals surface area contributed by atoms with Gasteiger partial charge in [0.05, 0.1) is 0 Å². The molecule has 0 unspecified atom stereocenters. The number of hydrogen-bond acceptors (Lipinski definition) is 3. The Morgan fingerprint density at radius 1 is 1.60 bits per heavy atom. The molecule has 0 aliphatic heterocycles. The molecule has 1 rings (SSSR count). The normalized spacial score (nSPS) is 11.7. The first-order valence-electron chi connectivity index (χ1n) is 3.80. The van der Waals surface area contributed by atoms with Crippen LogP contribution in [0.4, 0.5) is 13.2 Å². The second-order valence-corrected chi connectivity index (χ2v) is 2.64. The number of ether oxygens (including phenoxy) is 1. The quantitative estimate of drug-likeness (QED) is 0.832. The third kappa shape index (κ3) is 3.98. The maximum Gasteiger partial charge on any atom is 0.411 e. The molecule has 0 fully saturated rings. The van der Waals surface area contributed by atoms with Crippen LogP contribution in [0.3, 0.4) is 0 Å². The van der Waals surface area contributed by atoms with Gasteiger partial charge in [0.15, 0.2) is 5.69 Å². The molecule has 1 heterocycles. The van der Waals surface area contributed by atoms with Crippen molar-refractivity contribution >= 4 is 5.97 Å². The van der Waals surface area contributed by atoms with E-state index in [1.807, 2.05) is 0 Å². The number of carboxylic acid groups (broad SMARTS) is 1. The summed E-state index contributed by atoms with van der Waals surface area (Å²) < 4.78 is 40.2. The molecule has 8 heteroatoms. The summed E-state index contributed by atoms with van der Waals surface area (Å²) in [6.07, 6.45) is -3.18. The Labute approximate surface area is 82.1 Å². The van der Waals surface area contributed by atoms with Crippen molar-refractivity contribution in [2.45, 2.75) is 12.9 Å². The van der Waals surface area contributed by atoms with E-state index in [2.05, 4.69) is 9.84 Å². The molecular formula is C7H7F3N2O3. The minimum atomic E-state index is -4.40. The van der Waals surface area contributed by atoms with Crippen LogP contribution in [-0.4, -0.2) is 33.6 Å². The van der Waals surface area contributed by atoms with E-state index >= 15 is 0 Å². The van der Waals surface area contributed by atoms with Gasteiger partial charge in [-0.25, -0.2) is 9.48 Å². The summed E-state index contributed by atoms with van der Waals surface area (Å²) in [7, 11) is 0. The predicted molar refractivity (Wildman–Crippen MR) is 41.2 cm³/mol.